The van der Waals surface area contributed by atoms with Crippen LogP contribution in [0, 0.1) is 0 Å². The van der Waals surface area contributed by atoms with Gasteiger partial charge in [-0.25, -0.2) is 13.2 Å². The second-order valence-electron chi connectivity index (χ2n) is 2.19. The Bertz CT molecular complexity index is 104. The summed E-state index contributed by atoms with van der Waals surface area (Å²) in [5.74, 6) is -3.14. The van der Waals surface area contributed by atoms with Gasteiger partial charge in [-0.3, -0.25) is 0 Å². The number of hydrogen-bond acceptors (Lipinski definition) is 1. The first kappa shape index (κ1) is 6.86. The minimum atomic E-state index is -3.14. The van der Waals surface area contributed by atoms with Gasteiger partial charge in [0.05, 0.1) is 6.54 Å². The van der Waals surface area contributed by atoms with Crippen LogP contribution >= 0.6 is 0 Å². The fraction of sp³-hybridized carbons (Fsp3) is 1.00. The van der Waals surface area contributed by atoms with Gasteiger partial charge in [-0.15, -0.1) is 0 Å². The van der Waals surface area contributed by atoms with Crippen LogP contribution in [0.2, 0.25) is 0 Å². The molecule has 1 aliphatic rings. The third kappa shape index (κ3) is 1.36. The van der Waals surface area contributed by atoms with Gasteiger partial charge in [0, 0.05) is 0 Å². The number of hydrogen-bond donors (Lipinski definition) is 1. The first-order chi connectivity index (χ1) is 4.13. The van der Waals surface area contributed by atoms with Gasteiger partial charge in [-0.05, 0) is 13.0 Å². The van der Waals surface area contributed by atoms with E-state index in [4.69, 9.17) is 0 Å². The largest absolute Gasteiger partial charge is 0.311 e. The summed E-state index contributed by atoms with van der Waals surface area (Å²) in [6.45, 7) is -0.162. The Morgan fingerprint density at radius 2 is 2.11 bits per heavy atom. The van der Waals surface area contributed by atoms with Crippen LogP contribution in [-0.2, 0) is 0 Å². The molecule has 1 fully saturated rings. The SMILES string of the molecule is FC1CCNCC1(F)F. The van der Waals surface area contributed by atoms with E-state index in [1.54, 1.807) is 0 Å². The molecule has 0 radical (unpaired) electrons. The van der Waals surface area contributed by atoms with Crippen molar-refractivity contribution < 1.29 is 13.2 Å². The van der Waals surface area contributed by atoms with E-state index in [1.165, 1.54) is 0 Å². The molecule has 0 amide bonds. The summed E-state index contributed by atoms with van der Waals surface area (Å²) in [6.07, 6.45) is -2.02. The average molecular weight is 139 g/mol. The van der Waals surface area contributed by atoms with E-state index in [2.05, 4.69) is 5.32 Å². The summed E-state index contributed by atoms with van der Waals surface area (Å²) in [5, 5.41) is 2.42. The average Bonchev–Trinajstić information content (AvgIpc) is 1.77. The molecule has 0 aromatic heterocycles. The highest BCUT2D eigenvalue weighted by Gasteiger charge is 2.41. The van der Waals surface area contributed by atoms with Crippen LogP contribution in [0.25, 0.3) is 0 Å². The minimum absolute atomic E-state index is 0.0764. The summed E-state index contributed by atoms with van der Waals surface area (Å²) >= 11 is 0. The van der Waals surface area contributed by atoms with Crippen molar-refractivity contribution in [3.8, 4) is 0 Å². The molecule has 1 aliphatic heterocycles. The highest BCUT2D eigenvalue weighted by Crippen LogP contribution is 2.25. The van der Waals surface area contributed by atoms with Crippen LogP contribution in [0.4, 0.5) is 13.2 Å². The monoisotopic (exact) mass is 139 g/mol. The highest BCUT2D eigenvalue weighted by atomic mass is 19.3. The first-order valence-corrected chi connectivity index (χ1v) is 2.85. The predicted molar refractivity (Wildman–Crippen MR) is 27.3 cm³/mol. The molecule has 1 N–H and O–H groups in total. The number of piperidine rings is 1. The molecule has 1 heterocycles. The molecule has 9 heavy (non-hydrogen) atoms. The van der Waals surface area contributed by atoms with Crippen molar-refractivity contribution in [2.75, 3.05) is 13.1 Å². The van der Waals surface area contributed by atoms with E-state index < -0.39 is 18.6 Å². The minimum Gasteiger partial charge on any atom is -0.311 e. The quantitative estimate of drug-likeness (QED) is 0.527. The lowest BCUT2D eigenvalue weighted by Crippen LogP contribution is -2.47. The lowest BCUT2D eigenvalue weighted by Gasteiger charge is -2.25. The van der Waals surface area contributed by atoms with E-state index in [-0.39, 0.29) is 6.42 Å². The zero-order chi connectivity index (χ0) is 6.91. The Morgan fingerprint density at radius 3 is 2.44 bits per heavy atom. The van der Waals surface area contributed by atoms with E-state index in [0.29, 0.717) is 6.54 Å². The molecule has 1 atom stereocenters. The highest BCUT2D eigenvalue weighted by molar-refractivity contribution is 4.84. The number of rotatable bonds is 0. The van der Waals surface area contributed by atoms with Gasteiger partial charge < -0.3 is 5.32 Å². The molecule has 1 nitrogen and oxygen atoms in total. The maximum Gasteiger partial charge on any atom is 0.290 e. The zero-order valence-electron chi connectivity index (χ0n) is 4.83. The molecule has 1 unspecified atom stereocenters. The molecule has 4 heteroatoms. The van der Waals surface area contributed by atoms with Gasteiger partial charge in [-0.1, -0.05) is 0 Å². The predicted octanol–water partition coefficient (Wildman–Crippen LogP) is 0.953. The number of alkyl halides is 3. The van der Waals surface area contributed by atoms with Crippen LogP contribution in [0.1, 0.15) is 6.42 Å². The van der Waals surface area contributed by atoms with Crippen molar-refractivity contribution in [1.29, 1.82) is 0 Å². The lowest BCUT2D eigenvalue weighted by atomic mass is 10.1. The van der Waals surface area contributed by atoms with Gasteiger partial charge in [0.2, 0.25) is 0 Å². The molecule has 0 aromatic carbocycles. The van der Waals surface area contributed by atoms with Gasteiger partial charge in [0.1, 0.15) is 0 Å². The van der Waals surface area contributed by atoms with Crippen LogP contribution in [0.15, 0.2) is 0 Å². The van der Waals surface area contributed by atoms with Crippen LogP contribution in [0.3, 0.4) is 0 Å². The molecule has 0 aliphatic carbocycles. The van der Waals surface area contributed by atoms with Crippen molar-refractivity contribution in [3.05, 3.63) is 0 Å². The van der Waals surface area contributed by atoms with E-state index >= 15 is 0 Å². The second kappa shape index (κ2) is 2.17. The van der Waals surface area contributed by atoms with E-state index in [0.717, 1.165) is 0 Å². The Kier molecular flexibility index (Phi) is 1.66. The lowest BCUT2D eigenvalue weighted by molar-refractivity contribution is -0.0855. The van der Waals surface area contributed by atoms with Crippen molar-refractivity contribution in [2.24, 2.45) is 0 Å². The Morgan fingerprint density at radius 1 is 1.44 bits per heavy atom. The Hall–Kier alpha value is -0.250. The molecule has 0 saturated carbocycles. The molecule has 0 bridgehead atoms. The van der Waals surface area contributed by atoms with E-state index in [1.807, 2.05) is 0 Å². The fourth-order valence-corrected chi connectivity index (χ4v) is 0.806. The summed E-state index contributed by atoms with van der Waals surface area (Å²) in [5.41, 5.74) is 0. The molecular weight excluding hydrogens is 131 g/mol. The summed E-state index contributed by atoms with van der Waals surface area (Å²) in [4.78, 5) is 0. The summed E-state index contributed by atoms with van der Waals surface area (Å²) in [6, 6.07) is 0. The van der Waals surface area contributed by atoms with Crippen molar-refractivity contribution in [1.82, 2.24) is 5.32 Å². The third-order valence-electron chi connectivity index (χ3n) is 1.39. The zero-order valence-corrected chi connectivity index (χ0v) is 4.83. The summed E-state index contributed by atoms with van der Waals surface area (Å²) in [7, 11) is 0. The molecule has 1 saturated heterocycles. The van der Waals surface area contributed by atoms with E-state index in [9.17, 15) is 13.2 Å². The maximum atomic E-state index is 12.2. The van der Waals surface area contributed by atoms with Crippen molar-refractivity contribution in [3.63, 3.8) is 0 Å². The second-order valence-corrected chi connectivity index (χ2v) is 2.19. The van der Waals surface area contributed by atoms with Crippen molar-refractivity contribution in [2.45, 2.75) is 18.5 Å². The van der Waals surface area contributed by atoms with Gasteiger partial charge in [0.15, 0.2) is 6.17 Å². The normalized spacial score (nSPS) is 34.3. The maximum absolute atomic E-state index is 12.2. The van der Waals surface area contributed by atoms with Gasteiger partial charge >= 0.3 is 0 Å². The Balaban J connectivity index is 2.49. The molecule has 0 spiro atoms. The van der Waals surface area contributed by atoms with Gasteiger partial charge in [-0.2, -0.15) is 0 Å². The van der Waals surface area contributed by atoms with Crippen LogP contribution < -0.4 is 5.32 Å². The summed E-state index contributed by atoms with van der Waals surface area (Å²) < 4.78 is 36.5. The Labute approximate surface area is 51.2 Å². The van der Waals surface area contributed by atoms with Crippen LogP contribution in [0.5, 0.6) is 0 Å². The molecule has 1 rings (SSSR count). The number of halogens is 3. The molecule has 0 aromatic rings. The topological polar surface area (TPSA) is 12.0 Å². The molecule has 54 valence electrons. The molecular formula is C5H8F3N. The third-order valence-corrected chi connectivity index (χ3v) is 1.39. The smallest absolute Gasteiger partial charge is 0.290 e. The standard InChI is InChI=1S/C5H8F3N/c6-4-1-2-9-3-5(4,7)8/h4,9H,1-3H2. The number of nitrogens with one attached hydrogen (secondary N) is 1. The first-order valence-electron chi connectivity index (χ1n) is 2.85. The fourth-order valence-electron chi connectivity index (χ4n) is 0.806. The van der Waals surface area contributed by atoms with Gasteiger partial charge in [0.25, 0.3) is 5.92 Å². The van der Waals surface area contributed by atoms with Crippen LogP contribution in [-0.4, -0.2) is 25.2 Å². The van der Waals surface area contributed by atoms with Crippen molar-refractivity contribution >= 4 is 0 Å².